The molecule has 0 spiro atoms. The fraction of sp³-hybridized carbons (Fsp3) is 0.462. The zero-order valence-corrected chi connectivity index (χ0v) is 12.7. The third-order valence-electron chi connectivity index (χ3n) is 3.14. The Hall–Kier alpha value is -1.28. The monoisotopic (exact) mass is 367 g/mol. The first kappa shape index (κ1) is 16.1. The predicted molar refractivity (Wildman–Crippen MR) is 73.1 cm³/mol. The van der Waals surface area contributed by atoms with Crippen LogP contribution in [0.25, 0.3) is 0 Å². The van der Waals surface area contributed by atoms with Gasteiger partial charge in [0, 0.05) is 11.0 Å². The molecule has 8 heteroatoms. The first-order valence-corrected chi connectivity index (χ1v) is 6.93. The number of hydrogen-bond donors (Lipinski definition) is 0. The zero-order chi connectivity index (χ0) is 15.6. The van der Waals surface area contributed by atoms with E-state index in [1.165, 1.54) is 24.1 Å². The van der Waals surface area contributed by atoms with E-state index in [4.69, 9.17) is 4.74 Å². The summed E-state index contributed by atoms with van der Waals surface area (Å²) in [4.78, 5) is 13.0. The summed E-state index contributed by atoms with van der Waals surface area (Å²) in [6.45, 7) is 0.447. The molecule has 0 radical (unpaired) electrons. The van der Waals surface area contributed by atoms with Crippen molar-refractivity contribution in [2.24, 2.45) is 0 Å². The highest BCUT2D eigenvalue weighted by molar-refractivity contribution is 9.10. The van der Waals surface area contributed by atoms with Crippen molar-refractivity contribution >= 4 is 27.6 Å². The summed E-state index contributed by atoms with van der Waals surface area (Å²) in [5, 5.41) is 0. The summed E-state index contributed by atoms with van der Waals surface area (Å²) >= 11 is 3.17. The maximum atomic E-state index is 13.1. The summed E-state index contributed by atoms with van der Waals surface area (Å²) in [6, 6.07) is 3.75. The molecule has 1 aliphatic rings. The van der Waals surface area contributed by atoms with Crippen LogP contribution in [-0.2, 0) is 20.4 Å². The standard InChI is InChI=1S/C13H13BrF3NO3/c1-20-12(19)11-7-18(4-5-21-11)10-6-8(14)2-3-9(10)13(15,16)17/h2-3,6,11H,4-5,7H2,1H3. The molecule has 116 valence electrons. The Morgan fingerprint density at radius 1 is 1.48 bits per heavy atom. The molecule has 4 nitrogen and oxygen atoms in total. The van der Waals surface area contributed by atoms with Crippen molar-refractivity contribution < 1.29 is 27.4 Å². The molecule has 1 heterocycles. The van der Waals surface area contributed by atoms with E-state index in [0.717, 1.165) is 6.07 Å². The number of ether oxygens (including phenoxy) is 2. The summed E-state index contributed by atoms with van der Waals surface area (Å²) < 4.78 is 49.6. The SMILES string of the molecule is COC(=O)C1CN(c2cc(Br)ccc2C(F)(F)F)CCO1. The van der Waals surface area contributed by atoms with Gasteiger partial charge >= 0.3 is 12.1 Å². The van der Waals surface area contributed by atoms with E-state index in [9.17, 15) is 18.0 Å². The Morgan fingerprint density at radius 3 is 2.81 bits per heavy atom. The maximum Gasteiger partial charge on any atom is 0.418 e. The Balaban J connectivity index is 2.32. The van der Waals surface area contributed by atoms with Gasteiger partial charge in [-0.15, -0.1) is 0 Å². The largest absolute Gasteiger partial charge is 0.467 e. The fourth-order valence-electron chi connectivity index (χ4n) is 2.15. The van der Waals surface area contributed by atoms with Crippen molar-refractivity contribution in [3.8, 4) is 0 Å². The lowest BCUT2D eigenvalue weighted by Crippen LogP contribution is -2.47. The van der Waals surface area contributed by atoms with Crippen molar-refractivity contribution in [2.45, 2.75) is 12.3 Å². The van der Waals surface area contributed by atoms with Crippen LogP contribution in [0.5, 0.6) is 0 Å². The Morgan fingerprint density at radius 2 is 2.19 bits per heavy atom. The molecule has 1 atom stereocenters. The Bertz CT molecular complexity index is 536. The lowest BCUT2D eigenvalue weighted by molar-refractivity contribution is -0.154. The van der Waals surface area contributed by atoms with E-state index in [2.05, 4.69) is 20.7 Å². The normalized spacial score (nSPS) is 19.5. The topological polar surface area (TPSA) is 38.8 Å². The Labute approximate surface area is 127 Å². The number of rotatable bonds is 2. The average Bonchev–Trinajstić information content (AvgIpc) is 2.45. The number of esters is 1. The van der Waals surface area contributed by atoms with Gasteiger partial charge in [-0.2, -0.15) is 13.2 Å². The molecule has 1 aromatic carbocycles. The van der Waals surface area contributed by atoms with Crippen molar-refractivity contribution in [2.75, 3.05) is 31.7 Å². The number of anilines is 1. The number of hydrogen-bond acceptors (Lipinski definition) is 4. The van der Waals surface area contributed by atoms with E-state index in [1.807, 2.05) is 0 Å². The lowest BCUT2D eigenvalue weighted by Gasteiger charge is -2.34. The van der Waals surface area contributed by atoms with E-state index in [0.29, 0.717) is 4.47 Å². The quantitative estimate of drug-likeness (QED) is 0.753. The van der Waals surface area contributed by atoms with Crippen molar-refractivity contribution in [3.05, 3.63) is 28.2 Å². The molecule has 0 N–H and O–H groups in total. The molecule has 21 heavy (non-hydrogen) atoms. The first-order valence-electron chi connectivity index (χ1n) is 6.14. The van der Waals surface area contributed by atoms with Crippen molar-refractivity contribution in [3.63, 3.8) is 0 Å². The molecule has 0 amide bonds. The molecule has 2 rings (SSSR count). The van der Waals surface area contributed by atoms with Crippen LogP contribution in [-0.4, -0.2) is 38.9 Å². The molecular weight excluding hydrogens is 355 g/mol. The number of carbonyl (C=O) groups is 1. The predicted octanol–water partition coefficient (Wildman–Crippen LogP) is 2.85. The minimum absolute atomic E-state index is 0.0200. The van der Waals surface area contributed by atoms with Crippen LogP contribution in [0.15, 0.2) is 22.7 Å². The number of halogens is 4. The van der Waals surface area contributed by atoms with Crippen LogP contribution < -0.4 is 4.90 Å². The summed E-state index contributed by atoms with van der Waals surface area (Å²) in [5.74, 6) is -0.594. The third-order valence-corrected chi connectivity index (χ3v) is 3.63. The lowest BCUT2D eigenvalue weighted by atomic mass is 10.1. The smallest absolute Gasteiger partial charge is 0.418 e. The highest BCUT2D eigenvalue weighted by Crippen LogP contribution is 2.38. The minimum Gasteiger partial charge on any atom is -0.467 e. The molecular formula is C13H13BrF3NO3. The number of nitrogens with zero attached hydrogens (tertiary/aromatic N) is 1. The molecule has 1 unspecified atom stereocenters. The number of benzene rings is 1. The summed E-state index contributed by atoms with van der Waals surface area (Å²) in [5.41, 5.74) is -0.717. The van der Waals surface area contributed by atoms with Gasteiger partial charge < -0.3 is 14.4 Å². The number of alkyl halides is 3. The van der Waals surface area contributed by atoms with Crippen LogP contribution in [0.2, 0.25) is 0 Å². The molecule has 1 fully saturated rings. The van der Waals surface area contributed by atoms with Gasteiger partial charge in [-0.3, -0.25) is 0 Å². The third kappa shape index (κ3) is 3.68. The number of methoxy groups -OCH3 is 1. The second-order valence-electron chi connectivity index (χ2n) is 4.49. The van der Waals surface area contributed by atoms with Crippen LogP contribution in [0.1, 0.15) is 5.56 Å². The number of carbonyl (C=O) groups excluding carboxylic acids is 1. The molecule has 1 aromatic rings. The molecule has 1 aliphatic heterocycles. The van der Waals surface area contributed by atoms with Crippen LogP contribution in [0.3, 0.4) is 0 Å². The molecule has 0 aliphatic carbocycles. The maximum absolute atomic E-state index is 13.1. The zero-order valence-electron chi connectivity index (χ0n) is 11.1. The average molecular weight is 368 g/mol. The Kier molecular flexibility index (Phi) is 4.77. The summed E-state index contributed by atoms with van der Waals surface area (Å²) in [7, 11) is 1.21. The molecule has 0 bridgehead atoms. The van der Waals surface area contributed by atoms with Gasteiger partial charge in [0.25, 0.3) is 0 Å². The van der Waals surface area contributed by atoms with Gasteiger partial charge in [0.2, 0.25) is 0 Å². The van der Waals surface area contributed by atoms with Crippen LogP contribution in [0.4, 0.5) is 18.9 Å². The van der Waals surface area contributed by atoms with E-state index in [-0.39, 0.29) is 25.4 Å². The van der Waals surface area contributed by atoms with Crippen LogP contribution >= 0.6 is 15.9 Å². The van der Waals surface area contributed by atoms with E-state index in [1.54, 1.807) is 0 Å². The highest BCUT2D eigenvalue weighted by atomic mass is 79.9. The van der Waals surface area contributed by atoms with Gasteiger partial charge in [0.05, 0.1) is 31.5 Å². The molecule has 0 aromatic heterocycles. The second kappa shape index (κ2) is 6.23. The van der Waals surface area contributed by atoms with E-state index >= 15 is 0 Å². The molecule has 1 saturated heterocycles. The van der Waals surface area contributed by atoms with Gasteiger partial charge in [-0.05, 0) is 18.2 Å². The second-order valence-corrected chi connectivity index (χ2v) is 5.40. The van der Waals surface area contributed by atoms with Gasteiger partial charge in [0.15, 0.2) is 6.10 Å². The summed E-state index contributed by atoms with van der Waals surface area (Å²) in [6.07, 6.45) is -5.35. The van der Waals surface area contributed by atoms with E-state index < -0.39 is 23.8 Å². The fourth-order valence-corrected chi connectivity index (χ4v) is 2.50. The molecule has 0 saturated carbocycles. The van der Waals surface area contributed by atoms with Crippen molar-refractivity contribution in [1.82, 2.24) is 0 Å². The number of morpholine rings is 1. The van der Waals surface area contributed by atoms with Crippen molar-refractivity contribution in [1.29, 1.82) is 0 Å². The van der Waals surface area contributed by atoms with Gasteiger partial charge in [0.1, 0.15) is 0 Å². The van der Waals surface area contributed by atoms with Gasteiger partial charge in [-0.25, -0.2) is 4.79 Å². The minimum atomic E-state index is -4.46. The highest BCUT2D eigenvalue weighted by Gasteiger charge is 2.37. The van der Waals surface area contributed by atoms with Crippen LogP contribution in [0, 0.1) is 0 Å². The van der Waals surface area contributed by atoms with Gasteiger partial charge in [-0.1, -0.05) is 15.9 Å². The first-order chi connectivity index (χ1) is 9.82.